The van der Waals surface area contributed by atoms with E-state index in [0.29, 0.717) is 0 Å². The number of para-hydroxylation sites is 2. The standard InChI is InChI=1S/C9H10F3N3O/c1-16-7-5-3-2-4-6(7)14-8(15-13)9(10,11)12/h2-5H,13H2,1H3,(H,14,15). The highest BCUT2D eigenvalue weighted by Gasteiger charge is 2.35. The van der Waals surface area contributed by atoms with Crippen molar-refractivity contribution in [2.45, 2.75) is 6.18 Å². The second kappa shape index (κ2) is 4.84. The van der Waals surface area contributed by atoms with Crippen molar-refractivity contribution in [2.24, 2.45) is 10.8 Å². The zero-order valence-corrected chi connectivity index (χ0v) is 8.38. The third-order valence-corrected chi connectivity index (χ3v) is 1.72. The number of nitrogens with one attached hydrogen (secondary N) is 1. The molecule has 1 rings (SSSR count). The molecule has 0 unspecified atom stereocenters. The summed E-state index contributed by atoms with van der Waals surface area (Å²) >= 11 is 0. The van der Waals surface area contributed by atoms with Gasteiger partial charge in [0.15, 0.2) is 0 Å². The number of amidine groups is 1. The molecule has 16 heavy (non-hydrogen) atoms. The van der Waals surface area contributed by atoms with Crippen LogP contribution in [0, 0.1) is 0 Å². The number of benzene rings is 1. The van der Waals surface area contributed by atoms with E-state index < -0.39 is 12.0 Å². The Hall–Kier alpha value is -1.76. The number of nitrogens with zero attached hydrogens (tertiary/aromatic N) is 1. The molecule has 0 bridgehead atoms. The van der Waals surface area contributed by atoms with Crippen LogP contribution in [0.15, 0.2) is 29.3 Å². The number of ether oxygens (including phenoxy) is 1. The molecule has 0 aliphatic heterocycles. The average molecular weight is 233 g/mol. The van der Waals surface area contributed by atoms with Gasteiger partial charge >= 0.3 is 6.18 Å². The maximum atomic E-state index is 12.3. The van der Waals surface area contributed by atoms with E-state index in [4.69, 9.17) is 10.6 Å². The molecule has 0 atom stereocenters. The molecule has 0 saturated heterocycles. The van der Waals surface area contributed by atoms with E-state index in [2.05, 4.69) is 4.99 Å². The summed E-state index contributed by atoms with van der Waals surface area (Å²) in [5.74, 6) is 3.71. The highest BCUT2D eigenvalue weighted by atomic mass is 19.4. The Bertz CT molecular complexity index is 390. The van der Waals surface area contributed by atoms with Crippen molar-refractivity contribution in [1.82, 2.24) is 5.43 Å². The summed E-state index contributed by atoms with van der Waals surface area (Å²) < 4.78 is 41.8. The van der Waals surface area contributed by atoms with Crippen molar-refractivity contribution in [1.29, 1.82) is 0 Å². The Balaban J connectivity index is 3.14. The van der Waals surface area contributed by atoms with Crippen LogP contribution in [-0.2, 0) is 0 Å². The third-order valence-electron chi connectivity index (χ3n) is 1.72. The molecular weight excluding hydrogens is 223 g/mol. The minimum atomic E-state index is -4.63. The lowest BCUT2D eigenvalue weighted by molar-refractivity contribution is -0.0617. The molecule has 3 N–H and O–H groups in total. The van der Waals surface area contributed by atoms with E-state index in [-0.39, 0.29) is 11.4 Å². The van der Waals surface area contributed by atoms with Crippen LogP contribution in [0.3, 0.4) is 0 Å². The lowest BCUT2D eigenvalue weighted by Crippen LogP contribution is -2.41. The highest BCUT2D eigenvalue weighted by Crippen LogP contribution is 2.28. The van der Waals surface area contributed by atoms with Crippen molar-refractivity contribution in [3.05, 3.63) is 24.3 Å². The van der Waals surface area contributed by atoms with Gasteiger partial charge in [-0.1, -0.05) is 12.1 Å². The molecule has 0 amide bonds. The van der Waals surface area contributed by atoms with Gasteiger partial charge in [0.2, 0.25) is 5.84 Å². The van der Waals surface area contributed by atoms with Gasteiger partial charge in [0, 0.05) is 0 Å². The van der Waals surface area contributed by atoms with Crippen molar-refractivity contribution < 1.29 is 17.9 Å². The summed E-state index contributed by atoms with van der Waals surface area (Å²) in [6, 6.07) is 6.07. The Morgan fingerprint density at radius 1 is 1.38 bits per heavy atom. The number of rotatable bonds is 2. The molecule has 0 saturated carbocycles. The first-order chi connectivity index (χ1) is 7.49. The maximum absolute atomic E-state index is 12.3. The first-order valence-electron chi connectivity index (χ1n) is 4.24. The number of hydrogen-bond acceptors (Lipinski definition) is 3. The van der Waals surface area contributed by atoms with Gasteiger partial charge in [-0.3, -0.25) is 0 Å². The number of hydrazine groups is 1. The van der Waals surface area contributed by atoms with E-state index >= 15 is 0 Å². The van der Waals surface area contributed by atoms with E-state index in [9.17, 15) is 13.2 Å². The van der Waals surface area contributed by atoms with Gasteiger partial charge in [-0.05, 0) is 12.1 Å². The van der Waals surface area contributed by atoms with Crippen molar-refractivity contribution in [3.63, 3.8) is 0 Å². The first-order valence-corrected chi connectivity index (χ1v) is 4.24. The molecule has 0 aliphatic carbocycles. The SMILES string of the molecule is COc1ccccc1N=C(NN)C(F)(F)F. The summed E-state index contributed by atoms with van der Waals surface area (Å²) in [4.78, 5) is 3.35. The Morgan fingerprint density at radius 2 is 2.00 bits per heavy atom. The quantitative estimate of drug-likeness (QED) is 0.354. The fourth-order valence-corrected chi connectivity index (χ4v) is 1.02. The molecule has 0 heterocycles. The van der Waals surface area contributed by atoms with E-state index in [1.165, 1.54) is 24.7 Å². The molecule has 0 radical (unpaired) electrons. The molecule has 0 fully saturated rings. The third kappa shape index (κ3) is 2.86. The first kappa shape index (κ1) is 12.3. The van der Waals surface area contributed by atoms with E-state index in [1.54, 1.807) is 12.1 Å². The summed E-state index contributed by atoms with van der Waals surface area (Å²) in [5.41, 5.74) is 1.56. The predicted octanol–water partition coefficient (Wildman–Crippen LogP) is 1.75. The van der Waals surface area contributed by atoms with Crippen LogP contribution in [0.4, 0.5) is 18.9 Å². The molecule has 1 aromatic carbocycles. The van der Waals surface area contributed by atoms with Crippen LogP contribution in [0.5, 0.6) is 5.75 Å². The topological polar surface area (TPSA) is 59.6 Å². The smallest absolute Gasteiger partial charge is 0.450 e. The summed E-state index contributed by atoms with van der Waals surface area (Å²) in [5, 5.41) is 0. The van der Waals surface area contributed by atoms with Gasteiger partial charge < -0.3 is 10.2 Å². The number of hydrogen-bond donors (Lipinski definition) is 2. The molecule has 0 aromatic heterocycles. The largest absolute Gasteiger partial charge is 0.494 e. The number of halogens is 3. The number of nitrogens with two attached hydrogens (primary N) is 1. The van der Waals surface area contributed by atoms with Crippen LogP contribution in [0.25, 0.3) is 0 Å². The van der Waals surface area contributed by atoms with Gasteiger partial charge in [0.1, 0.15) is 11.4 Å². The van der Waals surface area contributed by atoms with Gasteiger partial charge in [0.25, 0.3) is 0 Å². The van der Waals surface area contributed by atoms with Crippen LogP contribution in [0.2, 0.25) is 0 Å². The molecule has 1 aromatic rings. The number of methoxy groups -OCH3 is 1. The number of alkyl halides is 3. The second-order valence-electron chi connectivity index (χ2n) is 2.77. The van der Waals surface area contributed by atoms with Crippen LogP contribution in [-0.4, -0.2) is 19.1 Å². The highest BCUT2D eigenvalue weighted by molar-refractivity contribution is 5.89. The van der Waals surface area contributed by atoms with Gasteiger partial charge in [-0.2, -0.15) is 13.2 Å². The average Bonchev–Trinajstić information content (AvgIpc) is 2.24. The Kier molecular flexibility index (Phi) is 3.73. The van der Waals surface area contributed by atoms with Crippen LogP contribution in [0.1, 0.15) is 0 Å². The lowest BCUT2D eigenvalue weighted by Gasteiger charge is -2.10. The predicted molar refractivity (Wildman–Crippen MR) is 53.5 cm³/mol. The molecule has 0 aliphatic rings. The summed E-state index contributed by atoms with van der Waals surface area (Å²) in [6.07, 6.45) is -4.63. The Morgan fingerprint density at radius 3 is 2.50 bits per heavy atom. The zero-order chi connectivity index (χ0) is 12.2. The van der Waals surface area contributed by atoms with E-state index in [1.807, 2.05) is 0 Å². The second-order valence-corrected chi connectivity index (χ2v) is 2.77. The monoisotopic (exact) mass is 233 g/mol. The maximum Gasteiger partial charge on any atom is 0.450 e. The van der Waals surface area contributed by atoms with E-state index in [0.717, 1.165) is 0 Å². The van der Waals surface area contributed by atoms with Gasteiger partial charge in [0.05, 0.1) is 7.11 Å². The number of aliphatic imine (C=N–C) groups is 1. The normalized spacial score (nSPS) is 12.4. The lowest BCUT2D eigenvalue weighted by atomic mass is 10.3. The van der Waals surface area contributed by atoms with Gasteiger partial charge in [-0.15, -0.1) is 0 Å². The van der Waals surface area contributed by atoms with Gasteiger partial charge in [-0.25, -0.2) is 10.8 Å². The van der Waals surface area contributed by atoms with Crippen molar-refractivity contribution in [2.75, 3.05) is 7.11 Å². The van der Waals surface area contributed by atoms with Crippen molar-refractivity contribution in [3.8, 4) is 5.75 Å². The zero-order valence-electron chi connectivity index (χ0n) is 8.38. The minimum Gasteiger partial charge on any atom is -0.494 e. The van der Waals surface area contributed by atoms with Crippen molar-refractivity contribution >= 4 is 11.5 Å². The van der Waals surface area contributed by atoms with Crippen LogP contribution >= 0.6 is 0 Å². The molecule has 7 heteroatoms. The fourth-order valence-electron chi connectivity index (χ4n) is 1.02. The molecular formula is C9H10F3N3O. The molecule has 88 valence electrons. The summed E-state index contributed by atoms with van der Waals surface area (Å²) in [7, 11) is 1.34. The fraction of sp³-hybridized carbons (Fsp3) is 0.222. The van der Waals surface area contributed by atoms with Crippen LogP contribution < -0.4 is 16.0 Å². The molecule has 0 spiro atoms. The summed E-state index contributed by atoms with van der Waals surface area (Å²) in [6.45, 7) is 0. The Labute approximate surface area is 89.9 Å². The molecule has 4 nitrogen and oxygen atoms in total. The minimum absolute atomic E-state index is 0.0512.